The summed E-state index contributed by atoms with van der Waals surface area (Å²) >= 11 is 6.06. The summed E-state index contributed by atoms with van der Waals surface area (Å²) < 4.78 is 6.22. The lowest BCUT2D eigenvalue weighted by Gasteiger charge is -2.08. The Labute approximate surface area is 114 Å². The molecule has 0 aliphatic rings. The fourth-order valence-electron chi connectivity index (χ4n) is 1.56. The molecule has 0 saturated heterocycles. The van der Waals surface area contributed by atoms with Gasteiger partial charge in [0.15, 0.2) is 0 Å². The highest BCUT2D eigenvalue weighted by atomic mass is 35.5. The third kappa shape index (κ3) is 2.92. The van der Waals surface area contributed by atoms with Crippen LogP contribution < -0.4 is 10.3 Å². The topological polar surface area (TPSA) is 67.9 Å². The molecule has 0 fully saturated rings. The van der Waals surface area contributed by atoms with Gasteiger partial charge in [0, 0.05) is 17.2 Å². The average molecular weight is 276 g/mol. The van der Waals surface area contributed by atoms with Crippen molar-refractivity contribution in [1.29, 1.82) is 5.26 Å². The number of rotatable bonds is 3. The first-order valence-electron chi connectivity index (χ1n) is 5.44. The highest BCUT2D eigenvalue weighted by molar-refractivity contribution is 6.31. The van der Waals surface area contributed by atoms with E-state index in [-0.39, 0.29) is 12.1 Å². The zero-order valence-corrected chi connectivity index (χ0v) is 10.9. The Bertz CT molecular complexity index is 704. The Hall–Kier alpha value is -2.32. The minimum atomic E-state index is -0.249. The number of halogens is 1. The van der Waals surface area contributed by atoms with E-state index < -0.39 is 0 Å². The molecular weight excluding hydrogens is 266 g/mol. The summed E-state index contributed by atoms with van der Waals surface area (Å²) in [7, 11) is 1.48. The van der Waals surface area contributed by atoms with E-state index in [4.69, 9.17) is 21.6 Å². The van der Waals surface area contributed by atoms with E-state index in [1.807, 2.05) is 6.07 Å². The molecule has 1 aromatic heterocycles. The van der Waals surface area contributed by atoms with Crippen molar-refractivity contribution in [3.63, 3.8) is 0 Å². The Morgan fingerprint density at radius 2 is 2.21 bits per heavy atom. The first-order valence-corrected chi connectivity index (χ1v) is 5.82. The molecule has 0 amide bonds. The van der Waals surface area contributed by atoms with Crippen molar-refractivity contribution >= 4 is 11.6 Å². The zero-order chi connectivity index (χ0) is 13.8. The maximum absolute atomic E-state index is 11.7. The first kappa shape index (κ1) is 13.1. The van der Waals surface area contributed by atoms with E-state index in [2.05, 4.69) is 5.10 Å². The van der Waals surface area contributed by atoms with Gasteiger partial charge < -0.3 is 4.74 Å². The number of ether oxygens (including phenoxy) is 1. The second-order valence-electron chi connectivity index (χ2n) is 3.79. The number of hydrogen-bond acceptors (Lipinski definition) is 4. The predicted molar refractivity (Wildman–Crippen MR) is 70.3 cm³/mol. The van der Waals surface area contributed by atoms with Crippen molar-refractivity contribution in [2.75, 3.05) is 7.11 Å². The Kier molecular flexibility index (Phi) is 3.83. The molecule has 0 aliphatic carbocycles. The monoisotopic (exact) mass is 275 g/mol. The maximum atomic E-state index is 11.7. The van der Waals surface area contributed by atoms with Crippen LogP contribution in [-0.2, 0) is 6.54 Å². The summed E-state index contributed by atoms with van der Waals surface area (Å²) in [5.74, 6) is 0.351. The number of methoxy groups -OCH3 is 1. The van der Waals surface area contributed by atoms with Crippen molar-refractivity contribution in [3.05, 3.63) is 56.8 Å². The van der Waals surface area contributed by atoms with Crippen molar-refractivity contribution < 1.29 is 4.74 Å². The molecule has 0 N–H and O–H groups in total. The molecule has 1 aromatic carbocycles. The van der Waals surface area contributed by atoms with E-state index in [0.29, 0.717) is 22.0 Å². The van der Waals surface area contributed by atoms with Crippen molar-refractivity contribution in [2.24, 2.45) is 0 Å². The van der Waals surface area contributed by atoms with Gasteiger partial charge in [0.25, 0.3) is 5.56 Å². The molecule has 0 atom stereocenters. The summed E-state index contributed by atoms with van der Waals surface area (Å²) in [6.07, 6.45) is 0. The van der Waals surface area contributed by atoms with Crippen molar-refractivity contribution in [1.82, 2.24) is 9.78 Å². The van der Waals surface area contributed by atoms with Crippen LogP contribution in [0.15, 0.2) is 35.1 Å². The number of nitriles is 1. The highest BCUT2D eigenvalue weighted by Crippen LogP contribution is 2.18. The van der Waals surface area contributed by atoms with Crippen LogP contribution in [0.2, 0.25) is 5.02 Å². The van der Waals surface area contributed by atoms with E-state index in [1.165, 1.54) is 23.9 Å². The molecule has 0 bridgehead atoms. The van der Waals surface area contributed by atoms with Crippen LogP contribution in [0.5, 0.6) is 5.88 Å². The Morgan fingerprint density at radius 1 is 1.42 bits per heavy atom. The molecule has 0 spiro atoms. The van der Waals surface area contributed by atoms with Crippen LogP contribution in [0.25, 0.3) is 0 Å². The number of hydrogen-bond donors (Lipinski definition) is 0. The third-order valence-corrected chi connectivity index (χ3v) is 2.91. The average Bonchev–Trinajstić information content (AvgIpc) is 2.43. The minimum Gasteiger partial charge on any atom is -0.480 e. The quantitative estimate of drug-likeness (QED) is 0.857. The van der Waals surface area contributed by atoms with Gasteiger partial charge in [-0.3, -0.25) is 4.79 Å². The van der Waals surface area contributed by atoms with Gasteiger partial charge in [-0.25, -0.2) is 4.68 Å². The molecule has 5 nitrogen and oxygen atoms in total. The summed E-state index contributed by atoms with van der Waals surface area (Å²) in [6, 6.07) is 9.78. The SMILES string of the molecule is COc1ccc(=O)n(Cc2ccc(C#N)cc2Cl)n1. The molecule has 2 rings (SSSR count). The minimum absolute atomic E-state index is 0.223. The van der Waals surface area contributed by atoms with Gasteiger partial charge in [-0.05, 0) is 17.7 Å². The third-order valence-electron chi connectivity index (χ3n) is 2.55. The summed E-state index contributed by atoms with van der Waals surface area (Å²) in [5, 5.41) is 13.2. The summed E-state index contributed by atoms with van der Waals surface area (Å²) in [4.78, 5) is 11.7. The molecule has 1 heterocycles. The molecule has 96 valence electrons. The zero-order valence-electron chi connectivity index (χ0n) is 10.1. The lowest BCUT2D eigenvalue weighted by atomic mass is 10.1. The molecule has 0 saturated carbocycles. The fraction of sp³-hybridized carbons (Fsp3) is 0.154. The number of benzene rings is 1. The lowest BCUT2D eigenvalue weighted by molar-refractivity contribution is 0.379. The van der Waals surface area contributed by atoms with E-state index >= 15 is 0 Å². The second-order valence-corrected chi connectivity index (χ2v) is 4.20. The normalized spacial score (nSPS) is 9.95. The summed E-state index contributed by atoms with van der Waals surface area (Å²) in [5.41, 5.74) is 0.935. The van der Waals surface area contributed by atoms with E-state index in [9.17, 15) is 4.79 Å². The van der Waals surface area contributed by atoms with Crippen LogP contribution in [-0.4, -0.2) is 16.9 Å². The van der Waals surface area contributed by atoms with Gasteiger partial charge >= 0.3 is 0 Å². The lowest BCUT2D eigenvalue weighted by Crippen LogP contribution is -2.22. The molecule has 0 unspecified atom stereocenters. The van der Waals surface area contributed by atoms with Crippen LogP contribution in [0.1, 0.15) is 11.1 Å². The van der Waals surface area contributed by atoms with E-state index in [1.54, 1.807) is 18.2 Å². The van der Waals surface area contributed by atoms with E-state index in [0.717, 1.165) is 0 Å². The fourth-order valence-corrected chi connectivity index (χ4v) is 1.80. The van der Waals surface area contributed by atoms with Crippen molar-refractivity contribution in [2.45, 2.75) is 6.54 Å². The van der Waals surface area contributed by atoms with Crippen LogP contribution in [0.4, 0.5) is 0 Å². The summed E-state index contributed by atoms with van der Waals surface area (Å²) in [6.45, 7) is 0.223. The number of nitrogens with zero attached hydrogens (tertiary/aromatic N) is 3. The molecule has 19 heavy (non-hydrogen) atoms. The van der Waals surface area contributed by atoms with Crippen LogP contribution in [0, 0.1) is 11.3 Å². The molecule has 0 aliphatic heterocycles. The van der Waals surface area contributed by atoms with Crippen LogP contribution in [0.3, 0.4) is 0 Å². The van der Waals surface area contributed by atoms with Gasteiger partial charge in [-0.2, -0.15) is 5.26 Å². The van der Waals surface area contributed by atoms with Gasteiger partial charge in [0.1, 0.15) is 0 Å². The molecule has 0 radical (unpaired) electrons. The highest BCUT2D eigenvalue weighted by Gasteiger charge is 2.06. The second kappa shape index (κ2) is 5.55. The predicted octanol–water partition coefficient (Wildman–Crippen LogP) is 1.83. The first-order chi connectivity index (χ1) is 9.13. The maximum Gasteiger partial charge on any atom is 0.267 e. The smallest absolute Gasteiger partial charge is 0.267 e. The van der Waals surface area contributed by atoms with Gasteiger partial charge in [0.05, 0.1) is 25.3 Å². The molecule has 2 aromatic rings. The number of aromatic nitrogens is 2. The standard InChI is InChI=1S/C13H10ClN3O2/c1-19-12-4-5-13(18)17(16-12)8-10-3-2-9(7-15)6-11(10)14/h2-6H,8H2,1H3. The van der Waals surface area contributed by atoms with Gasteiger partial charge in [-0.1, -0.05) is 17.7 Å². The molecule has 6 heteroatoms. The van der Waals surface area contributed by atoms with Gasteiger partial charge in [-0.15, -0.1) is 5.10 Å². The van der Waals surface area contributed by atoms with Crippen molar-refractivity contribution in [3.8, 4) is 11.9 Å². The van der Waals surface area contributed by atoms with Crippen LogP contribution >= 0.6 is 11.6 Å². The Balaban J connectivity index is 2.36. The van der Waals surface area contributed by atoms with Gasteiger partial charge in [0.2, 0.25) is 5.88 Å². The molecular formula is C13H10ClN3O2. The largest absolute Gasteiger partial charge is 0.480 e. The Morgan fingerprint density at radius 3 is 2.84 bits per heavy atom.